The minimum Gasteiger partial charge on any atom is -0.493 e. The number of carbonyl (C=O) groups excluding carboxylic acids is 1. The molecule has 0 amide bonds. The molecule has 0 bridgehead atoms. The summed E-state index contributed by atoms with van der Waals surface area (Å²) in [5.74, 6) is 0.781. The fraction of sp³-hybridized carbons (Fsp3) is 0.417. The minimum atomic E-state index is 0.208. The van der Waals surface area contributed by atoms with Gasteiger partial charge in [-0.1, -0.05) is 0 Å². The molecule has 82 valence electrons. The van der Waals surface area contributed by atoms with Gasteiger partial charge >= 0.3 is 0 Å². The van der Waals surface area contributed by atoms with E-state index in [1.165, 1.54) is 0 Å². The van der Waals surface area contributed by atoms with Crippen LogP contribution in [-0.2, 0) is 4.74 Å². The van der Waals surface area contributed by atoms with E-state index in [4.69, 9.17) is 9.47 Å². The zero-order valence-electron chi connectivity index (χ0n) is 9.10. The molecule has 0 aliphatic heterocycles. The average Bonchev–Trinajstić information content (AvgIpc) is 2.29. The molecule has 0 aliphatic rings. The molecular weight excluding hydrogens is 192 g/mol. The molecule has 0 heterocycles. The predicted octanol–water partition coefficient (Wildman–Crippen LogP) is 2.30. The van der Waals surface area contributed by atoms with Crippen molar-refractivity contribution in [1.82, 2.24) is 0 Å². The summed E-state index contributed by atoms with van der Waals surface area (Å²) < 4.78 is 10.6. The number of ether oxygens (including phenoxy) is 2. The van der Waals surface area contributed by atoms with Gasteiger partial charge in [0.05, 0.1) is 12.7 Å². The maximum atomic E-state index is 10.4. The van der Waals surface area contributed by atoms with Crippen molar-refractivity contribution in [2.75, 3.05) is 13.7 Å². The number of carbonyl (C=O) groups is 1. The number of rotatable bonds is 6. The van der Waals surface area contributed by atoms with Gasteiger partial charge in [-0.3, -0.25) is 4.79 Å². The van der Waals surface area contributed by atoms with Crippen molar-refractivity contribution in [3.05, 3.63) is 29.8 Å². The van der Waals surface area contributed by atoms with Crippen LogP contribution in [0.3, 0.4) is 0 Å². The first-order valence-corrected chi connectivity index (χ1v) is 4.97. The summed E-state index contributed by atoms with van der Waals surface area (Å²) in [7, 11) is 1.68. The first kappa shape index (κ1) is 11.7. The van der Waals surface area contributed by atoms with Gasteiger partial charge in [-0.25, -0.2) is 0 Å². The highest BCUT2D eigenvalue weighted by Gasteiger charge is 1.99. The number of methoxy groups -OCH3 is 1. The summed E-state index contributed by atoms with van der Waals surface area (Å²) in [6.07, 6.45) is 1.88. The molecule has 3 heteroatoms. The van der Waals surface area contributed by atoms with Crippen LogP contribution in [-0.4, -0.2) is 26.1 Å². The van der Waals surface area contributed by atoms with E-state index in [0.29, 0.717) is 12.2 Å². The molecule has 0 radical (unpaired) electrons. The summed E-state index contributed by atoms with van der Waals surface area (Å²) in [6.45, 7) is 2.62. The second-order valence-electron chi connectivity index (χ2n) is 3.37. The lowest BCUT2D eigenvalue weighted by atomic mass is 10.2. The van der Waals surface area contributed by atoms with E-state index >= 15 is 0 Å². The van der Waals surface area contributed by atoms with Crippen LogP contribution >= 0.6 is 0 Å². The lowest BCUT2D eigenvalue weighted by Gasteiger charge is -2.10. The van der Waals surface area contributed by atoms with Crippen LogP contribution in [0.2, 0.25) is 0 Å². The van der Waals surface area contributed by atoms with Crippen molar-refractivity contribution in [3.8, 4) is 5.75 Å². The fourth-order valence-corrected chi connectivity index (χ4v) is 1.10. The summed E-state index contributed by atoms with van der Waals surface area (Å²) in [5, 5.41) is 0. The highest BCUT2D eigenvalue weighted by molar-refractivity contribution is 5.74. The minimum absolute atomic E-state index is 0.208. The number of aldehydes is 1. The van der Waals surface area contributed by atoms with E-state index in [1.807, 2.05) is 6.92 Å². The first-order valence-electron chi connectivity index (χ1n) is 4.97. The molecule has 0 saturated heterocycles. The van der Waals surface area contributed by atoms with Gasteiger partial charge in [-0.15, -0.1) is 0 Å². The second kappa shape index (κ2) is 6.19. The van der Waals surface area contributed by atoms with E-state index in [9.17, 15) is 4.79 Å². The van der Waals surface area contributed by atoms with Crippen LogP contribution < -0.4 is 4.74 Å². The molecule has 1 aromatic rings. The molecule has 15 heavy (non-hydrogen) atoms. The Kier molecular flexibility index (Phi) is 4.84. The Morgan fingerprint density at radius 1 is 1.33 bits per heavy atom. The SMILES string of the molecule is COC(C)CCOc1ccc(C=O)cc1. The van der Waals surface area contributed by atoms with Crippen molar-refractivity contribution in [2.45, 2.75) is 19.4 Å². The van der Waals surface area contributed by atoms with E-state index in [2.05, 4.69) is 0 Å². The van der Waals surface area contributed by atoms with Gasteiger partial charge in [0.25, 0.3) is 0 Å². The van der Waals surface area contributed by atoms with Crippen molar-refractivity contribution in [1.29, 1.82) is 0 Å². The van der Waals surface area contributed by atoms with Crippen LogP contribution in [0.15, 0.2) is 24.3 Å². The van der Waals surface area contributed by atoms with Crippen molar-refractivity contribution in [2.24, 2.45) is 0 Å². The Morgan fingerprint density at radius 2 is 2.00 bits per heavy atom. The molecule has 3 nitrogen and oxygen atoms in total. The van der Waals surface area contributed by atoms with Gasteiger partial charge in [0, 0.05) is 19.1 Å². The molecule has 0 aliphatic carbocycles. The monoisotopic (exact) mass is 208 g/mol. The van der Waals surface area contributed by atoms with Crippen LogP contribution in [0.25, 0.3) is 0 Å². The lowest BCUT2D eigenvalue weighted by molar-refractivity contribution is 0.0956. The van der Waals surface area contributed by atoms with E-state index in [-0.39, 0.29) is 6.10 Å². The van der Waals surface area contributed by atoms with Crippen LogP contribution in [0.5, 0.6) is 5.75 Å². The third-order valence-corrected chi connectivity index (χ3v) is 2.21. The standard InChI is InChI=1S/C12H16O3/c1-10(14-2)7-8-15-12-5-3-11(9-13)4-6-12/h3-6,9-10H,7-8H2,1-2H3. The Morgan fingerprint density at radius 3 is 2.53 bits per heavy atom. The summed E-state index contributed by atoms with van der Waals surface area (Å²) in [4.78, 5) is 10.4. The molecule has 1 rings (SSSR count). The molecule has 1 atom stereocenters. The lowest BCUT2D eigenvalue weighted by Crippen LogP contribution is -2.10. The first-order chi connectivity index (χ1) is 7.26. The van der Waals surface area contributed by atoms with E-state index in [1.54, 1.807) is 31.4 Å². The summed E-state index contributed by atoms with van der Waals surface area (Å²) in [6, 6.07) is 7.06. The quantitative estimate of drug-likeness (QED) is 0.673. The largest absolute Gasteiger partial charge is 0.493 e. The number of hydrogen-bond acceptors (Lipinski definition) is 3. The van der Waals surface area contributed by atoms with Crippen molar-refractivity contribution < 1.29 is 14.3 Å². The average molecular weight is 208 g/mol. The Hall–Kier alpha value is -1.35. The molecule has 0 N–H and O–H groups in total. The Balaban J connectivity index is 2.34. The summed E-state index contributed by atoms with van der Waals surface area (Å²) >= 11 is 0. The van der Waals surface area contributed by atoms with Gasteiger partial charge < -0.3 is 9.47 Å². The second-order valence-corrected chi connectivity index (χ2v) is 3.37. The Labute approximate surface area is 90.0 Å². The maximum Gasteiger partial charge on any atom is 0.150 e. The zero-order chi connectivity index (χ0) is 11.1. The highest BCUT2D eigenvalue weighted by atomic mass is 16.5. The van der Waals surface area contributed by atoms with Gasteiger partial charge in [-0.2, -0.15) is 0 Å². The van der Waals surface area contributed by atoms with Gasteiger partial charge in [0.2, 0.25) is 0 Å². The topological polar surface area (TPSA) is 35.5 Å². The third kappa shape index (κ3) is 4.13. The third-order valence-electron chi connectivity index (χ3n) is 2.21. The zero-order valence-corrected chi connectivity index (χ0v) is 9.10. The highest BCUT2D eigenvalue weighted by Crippen LogP contribution is 2.11. The van der Waals surface area contributed by atoms with Crippen molar-refractivity contribution >= 4 is 6.29 Å². The molecule has 0 fully saturated rings. The van der Waals surface area contributed by atoms with Crippen LogP contribution in [0.4, 0.5) is 0 Å². The normalized spacial score (nSPS) is 12.1. The number of benzene rings is 1. The predicted molar refractivity (Wildman–Crippen MR) is 58.4 cm³/mol. The fourth-order valence-electron chi connectivity index (χ4n) is 1.10. The van der Waals surface area contributed by atoms with E-state index < -0.39 is 0 Å². The number of hydrogen-bond donors (Lipinski definition) is 0. The molecule has 0 spiro atoms. The molecular formula is C12H16O3. The van der Waals surface area contributed by atoms with Gasteiger partial charge in [0.15, 0.2) is 0 Å². The van der Waals surface area contributed by atoms with Crippen molar-refractivity contribution in [3.63, 3.8) is 0 Å². The smallest absolute Gasteiger partial charge is 0.150 e. The molecule has 1 aromatic carbocycles. The molecule has 1 unspecified atom stereocenters. The maximum absolute atomic E-state index is 10.4. The van der Waals surface area contributed by atoms with Crippen LogP contribution in [0, 0.1) is 0 Å². The molecule has 0 saturated carbocycles. The molecule has 0 aromatic heterocycles. The van der Waals surface area contributed by atoms with Gasteiger partial charge in [-0.05, 0) is 31.2 Å². The Bertz CT molecular complexity index is 292. The summed E-state index contributed by atoms with van der Waals surface area (Å²) in [5.41, 5.74) is 0.660. The van der Waals surface area contributed by atoms with Crippen LogP contribution in [0.1, 0.15) is 23.7 Å². The van der Waals surface area contributed by atoms with Gasteiger partial charge in [0.1, 0.15) is 12.0 Å². The van der Waals surface area contributed by atoms with E-state index in [0.717, 1.165) is 18.5 Å².